The molecular formula is C12H25NO5. The number of likely N-dealkylation sites (N-methyl/N-ethyl adjacent to an activating group) is 1. The lowest BCUT2D eigenvalue weighted by Gasteiger charge is -2.10. The Morgan fingerprint density at radius 1 is 1.50 bits per heavy atom. The molecule has 0 spiro atoms. The normalized spacial score (nSPS) is 17.9. The zero-order valence-corrected chi connectivity index (χ0v) is 11.7. The van der Waals surface area contributed by atoms with Crippen molar-refractivity contribution in [2.24, 2.45) is 0 Å². The molecule has 0 amide bonds. The minimum absolute atomic E-state index is 0.111. The van der Waals surface area contributed by atoms with E-state index in [1.165, 1.54) is 7.11 Å². The number of hydrogen-bond donors (Lipinski definition) is 1. The van der Waals surface area contributed by atoms with Crippen LogP contribution in [-0.2, 0) is 19.1 Å². The maximum absolute atomic E-state index is 10.1. The number of carboxylic acid groups (broad SMARTS) is 1. The number of aliphatic carboxylic acids is 1. The number of carbonyl (C=O) groups excluding carboxylic acids is 1. The largest absolute Gasteiger partial charge is 0.481 e. The second-order valence-corrected chi connectivity index (χ2v) is 3.52. The van der Waals surface area contributed by atoms with Crippen LogP contribution in [0.5, 0.6) is 0 Å². The fourth-order valence-corrected chi connectivity index (χ4v) is 1.34. The van der Waals surface area contributed by atoms with Gasteiger partial charge in [-0.2, -0.15) is 0 Å². The van der Waals surface area contributed by atoms with Crippen molar-refractivity contribution in [2.75, 3.05) is 33.9 Å². The van der Waals surface area contributed by atoms with Crippen LogP contribution in [-0.4, -0.2) is 62.4 Å². The van der Waals surface area contributed by atoms with Crippen molar-refractivity contribution in [3.05, 3.63) is 0 Å². The monoisotopic (exact) mass is 263 g/mol. The maximum Gasteiger partial charge on any atom is 0.305 e. The molecule has 1 aliphatic heterocycles. The number of hydrogen-bond acceptors (Lipinski definition) is 5. The lowest BCUT2D eigenvalue weighted by Crippen LogP contribution is -2.20. The van der Waals surface area contributed by atoms with Crippen LogP contribution in [0.2, 0.25) is 0 Å². The molecule has 1 fully saturated rings. The van der Waals surface area contributed by atoms with Gasteiger partial charge in [0.05, 0.1) is 26.2 Å². The Labute approximate surface area is 109 Å². The summed E-state index contributed by atoms with van der Waals surface area (Å²) in [6, 6.07) is 0. The Kier molecular flexibility index (Phi) is 14.9. The second-order valence-electron chi connectivity index (χ2n) is 3.52. The first-order chi connectivity index (χ1) is 8.60. The van der Waals surface area contributed by atoms with Crippen molar-refractivity contribution in [3.63, 3.8) is 0 Å². The first-order valence-electron chi connectivity index (χ1n) is 6.08. The quantitative estimate of drug-likeness (QED) is 0.746. The van der Waals surface area contributed by atoms with Gasteiger partial charge in [-0.15, -0.1) is 0 Å². The van der Waals surface area contributed by atoms with Gasteiger partial charge >= 0.3 is 5.97 Å². The van der Waals surface area contributed by atoms with Gasteiger partial charge < -0.3 is 19.5 Å². The summed E-state index contributed by atoms with van der Waals surface area (Å²) in [6.07, 6.45) is 1.38. The Morgan fingerprint density at radius 3 is 2.39 bits per heavy atom. The third kappa shape index (κ3) is 12.9. The smallest absolute Gasteiger partial charge is 0.305 e. The van der Waals surface area contributed by atoms with E-state index in [-0.39, 0.29) is 12.5 Å². The number of nitrogens with zero attached hydrogens (tertiary/aromatic N) is 1. The van der Waals surface area contributed by atoms with Crippen molar-refractivity contribution in [1.29, 1.82) is 0 Å². The summed E-state index contributed by atoms with van der Waals surface area (Å²) in [5.74, 6) is -0.790. The number of ether oxygens (including phenoxy) is 2. The lowest BCUT2D eigenvalue weighted by atomic mass is 10.3. The fraction of sp³-hybridized carbons (Fsp3) is 0.833. The maximum atomic E-state index is 10.1. The summed E-state index contributed by atoms with van der Waals surface area (Å²) >= 11 is 0. The van der Waals surface area contributed by atoms with Gasteiger partial charge in [0.1, 0.15) is 0 Å². The van der Waals surface area contributed by atoms with Crippen molar-refractivity contribution in [1.82, 2.24) is 4.90 Å². The Balaban J connectivity index is 0. The molecule has 0 aromatic rings. The van der Waals surface area contributed by atoms with Crippen molar-refractivity contribution < 1.29 is 24.2 Å². The number of carboxylic acids is 1. The van der Waals surface area contributed by atoms with Crippen molar-refractivity contribution in [2.45, 2.75) is 32.8 Å². The molecule has 6 heteroatoms. The summed E-state index contributed by atoms with van der Waals surface area (Å²) in [6.45, 7) is 6.70. The average Bonchev–Trinajstić information content (AvgIpc) is 2.77. The fourth-order valence-electron chi connectivity index (χ4n) is 1.34. The van der Waals surface area contributed by atoms with Crippen LogP contribution in [0.3, 0.4) is 0 Å². The van der Waals surface area contributed by atoms with Gasteiger partial charge in [0, 0.05) is 13.1 Å². The molecule has 1 rings (SSSR count). The highest BCUT2D eigenvalue weighted by Gasteiger charge is 2.19. The molecule has 18 heavy (non-hydrogen) atoms. The molecule has 0 aromatic carbocycles. The van der Waals surface area contributed by atoms with Crippen molar-refractivity contribution >= 4 is 12.4 Å². The molecule has 0 aromatic heterocycles. The zero-order valence-electron chi connectivity index (χ0n) is 11.7. The van der Waals surface area contributed by atoms with Crippen LogP contribution in [0, 0.1) is 0 Å². The number of rotatable bonds is 5. The van der Waals surface area contributed by atoms with Crippen LogP contribution in [0.1, 0.15) is 26.7 Å². The van der Waals surface area contributed by atoms with Crippen LogP contribution < -0.4 is 0 Å². The molecule has 6 nitrogen and oxygen atoms in total. The molecule has 108 valence electrons. The number of methoxy groups -OCH3 is 1. The minimum atomic E-state index is -0.790. The van der Waals surface area contributed by atoms with E-state index >= 15 is 0 Å². The van der Waals surface area contributed by atoms with Gasteiger partial charge in [-0.1, -0.05) is 13.8 Å². The summed E-state index contributed by atoms with van der Waals surface area (Å²) in [5, 5.41) is 8.35. The predicted molar refractivity (Wildman–Crippen MR) is 68.5 cm³/mol. The highest BCUT2D eigenvalue weighted by atomic mass is 16.5. The van der Waals surface area contributed by atoms with E-state index in [2.05, 4.69) is 9.64 Å². The first kappa shape index (κ1) is 19.2. The molecule has 1 atom stereocenters. The molecule has 1 unspecified atom stereocenters. The number of carbonyl (C=O) groups is 2. The van der Waals surface area contributed by atoms with Crippen LogP contribution in [0.15, 0.2) is 0 Å². The molecular weight excluding hydrogens is 238 g/mol. The van der Waals surface area contributed by atoms with Crippen LogP contribution in [0.4, 0.5) is 0 Å². The third-order valence-corrected chi connectivity index (χ3v) is 2.11. The van der Waals surface area contributed by atoms with E-state index in [0.717, 1.165) is 19.5 Å². The standard InChI is InChI=1S/C8H15NO3.C2H4O2.C2H6/c1-9-4-2-7(6-9)12-5-3-8(10)11;1-4-2-3;1-2/h7H,2-6H2,1H3,(H,10,11);2H,1H3;1-2H3. The van der Waals surface area contributed by atoms with Crippen LogP contribution >= 0.6 is 0 Å². The Morgan fingerprint density at radius 2 is 2.06 bits per heavy atom. The Hall–Kier alpha value is -1.14. The molecule has 1 aliphatic rings. The summed E-state index contributed by atoms with van der Waals surface area (Å²) < 4.78 is 9.22. The molecule has 0 bridgehead atoms. The van der Waals surface area contributed by atoms with E-state index in [4.69, 9.17) is 14.6 Å². The van der Waals surface area contributed by atoms with E-state index in [0.29, 0.717) is 13.1 Å². The average molecular weight is 263 g/mol. The molecule has 1 heterocycles. The van der Waals surface area contributed by atoms with Crippen LogP contribution in [0.25, 0.3) is 0 Å². The highest BCUT2D eigenvalue weighted by molar-refractivity contribution is 5.66. The van der Waals surface area contributed by atoms with E-state index in [1.807, 2.05) is 20.9 Å². The van der Waals surface area contributed by atoms with Crippen molar-refractivity contribution in [3.8, 4) is 0 Å². The van der Waals surface area contributed by atoms with Gasteiger partial charge in [-0.3, -0.25) is 9.59 Å². The third-order valence-electron chi connectivity index (χ3n) is 2.11. The first-order valence-corrected chi connectivity index (χ1v) is 6.08. The topological polar surface area (TPSA) is 76.1 Å². The van der Waals surface area contributed by atoms with Gasteiger partial charge in [0.15, 0.2) is 0 Å². The number of likely N-dealkylation sites (tertiary alicyclic amines) is 1. The molecule has 0 aliphatic carbocycles. The summed E-state index contributed by atoms with van der Waals surface area (Å²) in [4.78, 5) is 21.3. The lowest BCUT2D eigenvalue weighted by molar-refractivity contribution is -0.138. The molecule has 0 radical (unpaired) electrons. The van der Waals surface area contributed by atoms with Gasteiger partial charge in [0.25, 0.3) is 6.47 Å². The van der Waals surface area contributed by atoms with Gasteiger partial charge in [-0.05, 0) is 13.5 Å². The van der Waals surface area contributed by atoms with E-state index in [1.54, 1.807) is 0 Å². The van der Waals surface area contributed by atoms with E-state index < -0.39 is 5.97 Å². The molecule has 1 saturated heterocycles. The molecule has 1 N–H and O–H groups in total. The summed E-state index contributed by atoms with van der Waals surface area (Å²) in [5.41, 5.74) is 0. The molecule has 0 saturated carbocycles. The minimum Gasteiger partial charge on any atom is -0.481 e. The van der Waals surface area contributed by atoms with Gasteiger partial charge in [-0.25, -0.2) is 0 Å². The highest BCUT2D eigenvalue weighted by Crippen LogP contribution is 2.10. The zero-order chi connectivity index (χ0) is 14.4. The summed E-state index contributed by atoms with van der Waals surface area (Å²) in [7, 11) is 3.35. The Bertz CT molecular complexity index is 211. The van der Waals surface area contributed by atoms with E-state index in [9.17, 15) is 4.79 Å². The predicted octanol–water partition coefficient (Wildman–Crippen LogP) is 0.997. The second kappa shape index (κ2) is 13.9. The SMILES string of the molecule is CC.CN1CCC(OCCC(=O)O)C1.COC=O. The van der Waals surface area contributed by atoms with Gasteiger partial charge in [0.2, 0.25) is 0 Å².